The molecule has 0 fully saturated rings. The molecule has 0 rings (SSSR count). The van der Waals surface area contributed by atoms with E-state index >= 15 is 0 Å². The van der Waals surface area contributed by atoms with Gasteiger partial charge in [-0.1, -0.05) is 12.2 Å². The molecule has 9 heavy (non-hydrogen) atoms. The minimum Gasteiger partial charge on any atom is -0.298 e. The van der Waals surface area contributed by atoms with E-state index in [9.17, 15) is 4.79 Å². The molecule has 0 aliphatic rings. The summed E-state index contributed by atoms with van der Waals surface area (Å²) in [5.41, 5.74) is 0. The lowest BCUT2D eigenvalue weighted by molar-refractivity contribution is -0.114. The molecule has 0 aromatic carbocycles. The molecule has 0 saturated heterocycles. The highest BCUT2D eigenvalue weighted by Crippen LogP contribution is 1.85. The molecule has 0 saturated carbocycles. The predicted octanol–water partition coefficient (Wildman–Crippen LogP) is 1.51. The largest absolute Gasteiger partial charge is 0.298 e. The van der Waals surface area contributed by atoms with Crippen LogP contribution in [0.1, 0.15) is 13.8 Å². The zero-order valence-corrected chi connectivity index (χ0v) is 5.74. The van der Waals surface area contributed by atoms with Crippen LogP contribution in [0.15, 0.2) is 24.6 Å². The van der Waals surface area contributed by atoms with Crippen LogP contribution >= 0.6 is 0 Å². The van der Waals surface area contributed by atoms with Crippen LogP contribution in [0.25, 0.3) is 0 Å². The molecule has 0 aliphatic heterocycles. The van der Waals surface area contributed by atoms with Crippen LogP contribution < -0.4 is 0 Å². The Bertz CT molecular complexity index is 115. The van der Waals surface area contributed by atoms with Gasteiger partial charge in [-0.2, -0.15) is 0 Å². The van der Waals surface area contributed by atoms with E-state index in [1.807, 2.05) is 13.8 Å². The first kappa shape index (κ1) is 7.95. The number of amides is 1. The van der Waals surface area contributed by atoms with Crippen molar-refractivity contribution in [2.75, 3.05) is 0 Å². The van der Waals surface area contributed by atoms with E-state index in [0.717, 1.165) is 6.41 Å². The lowest BCUT2D eigenvalue weighted by Crippen LogP contribution is -2.04. The minimum atomic E-state index is 0.750. The molecule has 0 unspecified atom stereocenters. The molecule has 0 aliphatic carbocycles. The second-order valence-corrected chi connectivity index (χ2v) is 1.52. The van der Waals surface area contributed by atoms with E-state index in [1.54, 1.807) is 24.6 Å². The van der Waals surface area contributed by atoms with E-state index in [0.29, 0.717) is 0 Å². The molecular weight excluding hydrogens is 114 g/mol. The molecule has 0 radical (unpaired) electrons. The van der Waals surface area contributed by atoms with Crippen LogP contribution in [0, 0.1) is 0 Å². The molecule has 2 heteroatoms. The van der Waals surface area contributed by atoms with Crippen molar-refractivity contribution in [2.45, 2.75) is 13.8 Å². The van der Waals surface area contributed by atoms with Gasteiger partial charge in [0, 0.05) is 12.4 Å². The van der Waals surface area contributed by atoms with Crippen molar-refractivity contribution in [1.82, 2.24) is 4.90 Å². The fourth-order valence-corrected chi connectivity index (χ4v) is 0.464. The van der Waals surface area contributed by atoms with Crippen LogP contribution in [-0.2, 0) is 4.79 Å². The van der Waals surface area contributed by atoms with Gasteiger partial charge in [-0.25, -0.2) is 0 Å². The summed E-state index contributed by atoms with van der Waals surface area (Å²) in [6.07, 6.45) is 7.72. The molecule has 0 atom stereocenters. The van der Waals surface area contributed by atoms with E-state index in [-0.39, 0.29) is 0 Å². The molecule has 50 valence electrons. The van der Waals surface area contributed by atoms with E-state index < -0.39 is 0 Å². The highest BCUT2D eigenvalue weighted by Gasteiger charge is 1.82. The SMILES string of the molecule is CC=CN(C=O)C=CC. The van der Waals surface area contributed by atoms with Crippen LogP contribution in [0.2, 0.25) is 0 Å². The molecule has 0 aromatic rings. The molecular formula is C7H11NO. The number of rotatable bonds is 3. The van der Waals surface area contributed by atoms with Gasteiger partial charge in [-0.3, -0.25) is 9.69 Å². The van der Waals surface area contributed by atoms with E-state index in [2.05, 4.69) is 0 Å². The van der Waals surface area contributed by atoms with Gasteiger partial charge in [0.15, 0.2) is 0 Å². The van der Waals surface area contributed by atoms with Gasteiger partial charge in [0.05, 0.1) is 0 Å². The zero-order chi connectivity index (χ0) is 7.11. The summed E-state index contributed by atoms with van der Waals surface area (Å²) in [6.45, 7) is 3.72. The van der Waals surface area contributed by atoms with Crippen molar-refractivity contribution in [3.8, 4) is 0 Å². The first-order valence-corrected chi connectivity index (χ1v) is 2.83. The van der Waals surface area contributed by atoms with Gasteiger partial charge in [0.2, 0.25) is 6.41 Å². The van der Waals surface area contributed by atoms with Crippen molar-refractivity contribution in [3.63, 3.8) is 0 Å². The fraction of sp³-hybridized carbons (Fsp3) is 0.286. The average Bonchev–Trinajstić information content (AvgIpc) is 1.88. The lowest BCUT2D eigenvalue weighted by atomic mass is 10.6. The third-order valence-electron chi connectivity index (χ3n) is 0.764. The number of carbonyl (C=O) groups excluding carboxylic acids is 1. The van der Waals surface area contributed by atoms with Crippen molar-refractivity contribution >= 4 is 6.41 Å². The van der Waals surface area contributed by atoms with Crippen molar-refractivity contribution in [2.24, 2.45) is 0 Å². The maximum absolute atomic E-state index is 10.1. The third-order valence-corrected chi connectivity index (χ3v) is 0.764. The third kappa shape index (κ3) is 3.53. The molecule has 0 bridgehead atoms. The van der Waals surface area contributed by atoms with Crippen molar-refractivity contribution in [1.29, 1.82) is 0 Å². The highest BCUT2D eigenvalue weighted by atomic mass is 16.1. The smallest absolute Gasteiger partial charge is 0.217 e. The topological polar surface area (TPSA) is 20.3 Å². The summed E-state index contributed by atoms with van der Waals surface area (Å²) in [5, 5.41) is 0. The van der Waals surface area contributed by atoms with Crippen LogP contribution in [0.3, 0.4) is 0 Å². The minimum absolute atomic E-state index is 0.750. The number of carbonyl (C=O) groups is 1. The second kappa shape index (κ2) is 5.09. The summed E-state index contributed by atoms with van der Waals surface area (Å²) in [6, 6.07) is 0. The Morgan fingerprint density at radius 3 is 1.78 bits per heavy atom. The van der Waals surface area contributed by atoms with Crippen molar-refractivity contribution in [3.05, 3.63) is 24.6 Å². The number of hydrogen-bond acceptors (Lipinski definition) is 1. The quantitative estimate of drug-likeness (QED) is 0.523. The van der Waals surface area contributed by atoms with Gasteiger partial charge < -0.3 is 0 Å². The van der Waals surface area contributed by atoms with E-state index in [1.165, 1.54) is 4.90 Å². The van der Waals surface area contributed by atoms with Gasteiger partial charge in [0.25, 0.3) is 0 Å². The molecule has 0 N–H and O–H groups in total. The van der Waals surface area contributed by atoms with E-state index in [4.69, 9.17) is 0 Å². The average molecular weight is 125 g/mol. The highest BCUT2D eigenvalue weighted by molar-refractivity contribution is 5.50. The van der Waals surface area contributed by atoms with Gasteiger partial charge in [-0.15, -0.1) is 0 Å². The Balaban J connectivity index is 3.82. The number of hydrogen-bond donors (Lipinski definition) is 0. The number of allylic oxidation sites excluding steroid dienone is 2. The zero-order valence-electron chi connectivity index (χ0n) is 5.74. The van der Waals surface area contributed by atoms with Crippen LogP contribution in [0.5, 0.6) is 0 Å². The predicted molar refractivity (Wildman–Crippen MR) is 37.5 cm³/mol. The Labute approximate surface area is 55.5 Å². The molecule has 2 nitrogen and oxygen atoms in total. The summed E-state index contributed by atoms with van der Waals surface area (Å²) in [7, 11) is 0. The standard InChI is InChI=1S/C7H11NO/c1-3-5-8(7-9)6-4-2/h3-7H,1-2H3. The Hall–Kier alpha value is -1.05. The second-order valence-electron chi connectivity index (χ2n) is 1.52. The number of nitrogens with zero attached hydrogens (tertiary/aromatic N) is 1. The molecule has 0 aromatic heterocycles. The normalized spacial score (nSPS) is 10.9. The van der Waals surface area contributed by atoms with Crippen LogP contribution in [0.4, 0.5) is 0 Å². The Morgan fingerprint density at radius 1 is 1.11 bits per heavy atom. The molecule has 0 spiro atoms. The van der Waals surface area contributed by atoms with Crippen molar-refractivity contribution < 1.29 is 4.79 Å². The summed E-state index contributed by atoms with van der Waals surface area (Å²) in [4.78, 5) is 11.6. The van der Waals surface area contributed by atoms with Crippen LogP contribution in [-0.4, -0.2) is 11.3 Å². The van der Waals surface area contributed by atoms with Gasteiger partial charge in [-0.05, 0) is 13.8 Å². The molecule has 1 amide bonds. The monoisotopic (exact) mass is 125 g/mol. The van der Waals surface area contributed by atoms with Gasteiger partial charge in [0.1, 0.15) is 0 Å². The Kier molecular flexibility index (Phi) is 4.50. The summed E-state index contributed by atoms with van der Waals surface area (Å²) >= 11 is 0. The first-order chi connectivity index (χ1) is 4.35. The lowest BCUT2D eigenvalue weighted by Gasteiger charge is -2.01. The Morgan fingerprint density at radius 2 is 1.56 bits per heavy atom. The molecule has 0 heterocycles. The van der Waals surface area contributed by atoms with Gasteiger partial charge >= 0.3 is 0 Å². The summed E-state index contributed by atoms with van der Waals surface area (Å²) in [5.74, 6) is 0. The maximum Gasteiger partial charge on any atom is 0.217 e. The maximum atomic E-state index is 10.1. The first-order valence-electron chi connectivity index (χ1n) is 2.83. The fourth-order valence-electron chi connectivity index (χ4n) is 0.464. The summed E-state index contributed by atoms with van der Waals surface area (Å²) < 4.78 is 0.